The van der Waals surface area contributed by atoms with Gasteiger partial charge in [-0.2, -0.15) is 0 Å². The molecule has 1 N–H and O–H groups in total. The monoisotopic (exact) mass is 326 g/mol. The van der Waals surface area contributed by atoms with E-state index in [0.717, 1.165) is 28.4 Å². The van der Waals surface area contributed by atoms with Gasteiger partial charge in [0.15, 0.2) is 11.5 Å². The van der Waals surface area contributed by atoms with Gasteiger partial charge in [-0.25, -0.2) is 4.98 Å². The molecule has 0 spiro atoms. The minimum Gasteiger partial charge on any atom is -0.490 e. The number of nitrogens with zero attached hydrogens (tertiary/aromatic N) is 2. The zero-order chi connectivity index (χ0) is 16.8. The molecule has 0 aliphatic carbocycles. The highest BCUT2D eigenvalue weighted by Crippen LogP contribution is 2.26. The van der Waals surface area contributed by atoms with E-state index in [1.165, 1.54) is 0 Å². The number of ether oxygens (including phenoxy) is 2. The zero-order valence-electron chi connectivity index (χ0n) is 13.8. The topological polar surface area (TPSA) is 56.5 Å². The molecule has 0 radical (unpaired) electrons. The lowest BCUT2D eigenvalue weighted by Gasteiger charge is -2.13. The molecule has 0 unspecified atom stereocenters. The van der Waals surface area contributed by atoms with Crippen molar-refractivity contribution in [2.24, 2.45) is 0 Å². The van der Waals surface area contributed by atoms with Gasteiger partial charge in [0.05, 0.1) is 30.8 Å². The molecule has 2 aromatic carbocycles. The number of fused-ring (bicyclic) bond motifs is 1. The number of aliphatic hydroxyl groups excluding tert-OH is 1. The Morgan fingerprint density at radius 2 is 1.71 bits per heavy atom. The van der Waals surface area contributed by atoms with Gasteiger partial charge < -0.3 is 19.1 Å². The molecular weight excluding hydrogens is 304 g/mol. The molecule has 0 atom stereocenters. The van der Waals surface area contributed by atoms with Crippen molar-refractivity contribution in [1.82, 2.24) is 9.55 Å². The summed E-state index contributed by atoms with van der Waals surface area (Å²) in [4.78, 5) is 4.60. The molecule has 1 aromatic heterocycles. The fourth-order valence-electron chi connectivity index (χ4n) is 2.76. The average Bonchev–Trinajstić information content (AvgIpc) is 2.95. The lowest BCUT2D eigenvalue weighted by Crippen LogP contribution is -2.12. The maximum atomic E-state index is 9.27. The Balaban J connectivity index is 1.75. The number of hydrogen-bond donors (Lipinski definition) is 1. The Morgan fingerprint density at radius 3 is 2.46 bits per heavy atom. The van der Waals surface area contributed by atoms with Crippen LogP contribution in [-0.2, 0) is 13.0 Å². The lowest BCUT2D eigenvalue weighted by molar-refractivity contribution is 0.263. The highest BCUT2D eigenvalue weighted by molar-refractivity contribution is 5.75. The van der Waals surface area contributed by atoms with Crippen LogP contribution in [0.25, 0.3) is 11.0 Å². The Bertz CT molecular complexity index is 798. The van der Waals surface area contributed by atoms with E-state index in [0.29, 0.717) is 26.2 Å². The van der Waals surface area contributed by atoms with Crippen molar-refractivity contribution in [2.75, 3.05) is 19.8 Å². The summed E-state index contributed by atoms with van der Waals surface area (Å²) in [5.74, 6) is 2.37. The van der Waals surface area contributed by atoms with Crippen LogP contribution in [0.1, 0.15) is 12.7 Å². The predicted octanol–water partition coefficient (Wildman–Crippen LogP) is 3.05. The fourth-order valence-corrected chi connectivity index (χ4v) is 2.76. The van der Waals surface area contributed by atoms with Crippen molar-refractivity contribution >= 4 is 11.0 Å². The Kier molecular flexibility index (Phi) is 5.33. The van der Waals surface area contributed by atoms with Crippen LogP contribution in [0, 0.1) is 0 Å². The van der Waals surface area contributed by atoms with Crippen LogP contribution >= 0.6 is 0 Å². The molecule has 0 amide bonds. The Morgan fingerprint density at radius 1 is 1.00 bits per heavy atom. The van der Waals surface area contributed by atoms with Crippen LogP contribution in [0.4, 0.5) is 0 Å². The first-order valence-electron chi connectivity index (χ1n) is 8.23. The van der Waals surface area contributed by atoms with Crippen molar-refractivity contribution in [1.29, 1.82) is 0 Å². The minimum atomic E-state index is 0.0807. The first-order chi connectivity index (χ1) is 11.8. The number of rotatable bonds is 8. The van der Waals surface area contributed by atoms with Crippen LogP contribution in [0.15, 0.2) is 48.5 Å². The standard InChI is InChI=1S/C19H22N2O3/c1-2-23-17-9-5-6-10-18(17)24-14-12-21-16-8-4-3-7-15(16)20-19(21)11-13-22/h3-10,22H,2,11-14H2,1H3. The Hall–Kier alpha value is -2.53. The number of imidazole rings is 1. The molecule has 3 aromatic rings. The molecule has 0 fully saturated rings. The van der Waals surface area contributed by atoms with Crippen molar-refractivity contribution in [3.63, 3.8) is 0 Å². The van der Waals surface area contributed by atoms with Crippen LogP contribution in [-0.4, -0.2) is 34.5 Å². The second-order valence-electron chi connectivity index (χ2n) is 5.37. The molecular formula is C19H22N2O3. The van der Waals surface area contributed by atoms with E-state index in [4.69, 9.17) is 9.47 Å². The fraction of sp³-hybridized carbons (Fsp3) is 0.316. The van der Waals surface area contributed by atoms with E-state index in [1.807, 2.05) is 55.5 Å². The van der Waals surface area contributed by atoms with E-state index >= 15 is 0 Å². The summed E-state index contributed by atoms with van der Waals surface area (Å²) >= 11 is 0. The summed E-state index contributed by atoms with van der Waals surface area (Å²) < 4.78 is 13.6. The highest BCUT2D eigenvalue weighted by atomic mass is 16.5. The number of para-hydroxylation sites is 4. The van der Waals surface area contributed by atoms with Crippen LogP contribution in [0.5, 0.6) is 11.5 Å². The third-order valence-corrected chi connectivity index (χ3v) is 3.79. The molecule has 126 valence electrons. The van der Waals surface area contributed by atoms with Gasteiger partial charge in [-0.1, -0.05) is 24.3 Å². The van der Waals surface area contributed by atoms with Crippen molar-refractivity contribution < 1.29 is 14.6 Å². The predicted molar refractivity (Wildman–Crippen MR) is 93.6 cm³/mol. The molecule has 0 bridgehead atoms. The maximum Gasteiger partial charge on any atom is 0.161 e. The quantitative estimate of drug-likeness (QED) is 0.691. The maximum absolute atomic E-state index is 9.27. The molecule has 3 rings (SSSR count). The van der Waals surface area contributed by atoms with Crippen molar-refractivity contribution in [3.05, 3.63) is 54.4 Å². The van der Waals surface area contributed by atoms with Crippen LogP contribution in [0.3, 0.4) is 0 Å². The molecule has 0 saturated heterocycles. The molecule has 5 heteroatoms. The largest absolute Gasteiger partial charge is 0.490 e. The molecule has 24 heavy (non-hydrogen) atoms. The lowest BCUT2D eigenvalue weighted by atomic mass is 10.3. The second-order valence-corrected chi connectivity index (χ2v) is 5.37. The van der Waals surface area contributed by atoms with Gasteiger partial charge >= 0.3 is 0 Å². The summed E-state index contributed by atoms with van der Waals surface area (Å²) in [6.07, 6.45) is 0.532. The van der Waals surface area contributed by atoms with Gasteiger partial charge in [0.1, 0.15) is 12.4 Å². The SMILES string of the molecule is CCOc1ccccc1OCCn1c(CCO)nc2ccccc21. The molecule has 0 aliphatic heterocycles. The summed E-state index contributed by atoms with van der Waals surface area (Å²) in [5.41, 5.74) is 2.00. The summed E-state index contributed by atoms with van der Waals surface area (Å²) in [6, 6.07) is 15.7. The van der Waals surface area contributed by atoms with E-state index in [1.54, 1.807) is 0 Å². The normalized spacial score (nSPS) is 10.9. The first-order valence-corrected chi connectivity index (χ1v) is 8.23. The molecule has 0 saturated carbocycles. The number of hydrogen-bond acceptors (Lipinski definition) is 4. The Labute approximate surface area is 141 Å². The summed E-state index contributed by atoms with van der Waals surface area (Å²) in [5, 5.41) is 9.27. The van der Waals surface area contributed by atoms with E-state index in [9.17, 15) is 5.11 Å². The van der Waals surface area contributed by atoms with Gasteiger partial charge in [0.25, 0.3) is 0 Å². The number of aliphatic hydroxyl groups is 1. The minimum absolute atomic E-state index is 0.0807. The van der Waals surface area contributed by atoms with Crippen LogP contribution in [0.2, 0.25) is 0 Å². The third-order valence-electron chi connectivity index (χ3n) is 3.79. The van der Waals surface area contributed by atoms with E-state index in [-0.39, 0.29) is 6.61 Å². The van der Waals surface area contributed by atoms with Gasteiger partial charge in [0, 0.05) is 6.42 Å². The van der Waals surface area contributed by atoms with Gasteiger partial charge in [0.2, 0.25) is 0 Å². The van der Waals surface area contributed by atoms with Crippen LogP contribution < -0.4 is 9.47 Å². The first kappa shape index (κ1) is 16.3. The molecule has 0 aliphatic rings. The summed E-state index contributed by atoms with van der Waals surface area (Å²) in [7, 11) is 0. The average molecular weight is 326 g/mol. The number of benzene rings is 2. The smallest absolute Gasteiger partial charge is 0.161 e. The van der Waals surface area contributed by atoms with Gasteiger partial charge in [-0.15, -0.1) is 0 Å². The highest BCUT2D eigenvalue weighted by Gasteiger charge is 2.10. The number of aromatic nitrogens is 2. The zero-order valence-corrected chi connectivity index (χ0v) is 13.8. The molecule has 5 nitrogen and oxygen atoms in total. The third kappa shape index (κ3) is 3.51. The van der Waals surface area contributed by atoms with E-state index in [2.05, 4.69) is 9.55 Å². The van der Waals surface area contributed by atoms with Gasteiger partial charge in [-0.05, 0) is 31.2 Å². The van der Waals surface area contributed by atoms with Crippen molar-refractivity contribution in [2.45, 2.75) is 19.9 Å². The summed E-state index contributed by atoms with van der Waals surface area (Å²) in [6.45, 7) is 3.80. The van der Waals surface area contributed by atoms with Gasteiger partial charge in [-0.3, -0.25) is 0 Å². The second kappa shape index (κ2) is 7.84. The molecule has 1 heterocycles. The van der Waals surface area contributed by atoms with E-state index < -0.39 is 0 Å². The van der Waals surface area contributed by atoms with Crippen molar-refractivity contribution in [3.8, 4) is 11.5 Å².